The number of piperidine rings is 1. The minimum Gasteiger partial charge on any atom is -0.352 e. The number of aryl methyl sites for hydroxylation is 1. The SMILES string of the molecule is O=C(NCC1CCCN(C(=O)CCCc2ccccc2)C1)c1cccc2ccccc12. The summed E-state index contributed by atoms with van der Waals surface area (Å²) in [4.78, 5) is 27.5. The number of nitrogens with one attached hydrogen (secondary N) is 1. The zero-order chi connectivity index (χ0) is 21.5. The van der Waals surface area contributed by atoms with E-state index in [9.17, 15) is 9.59 Å². The Morgan fingerprint density at radius 1 is 0.935 bits per heavy atom. The van der Waals surface area contributed by atoms with E-state index in [1.54, 1.807) is 0 Å². The van der Waals surface area contributed by atoms with Crippen molar-refractivity contribution < 1.29 is 9.59 Å². The zero-order valence-electron chi connectivity index (χ0n) is 17.9. The minimum atomic E-state index is -0.0388. The zero-order valence-corrected chi connectivity index (χ0v) is 17.9. The van der Waals surface area contributed by atoms with Crippen LogP contribution in [0.5, 0.6) is 0 Å². The second kappa shape index (κ2) is 10.3. The number of carbonyl (C=O) groups is 2. The molecule has 1 fully saturated rings. The van der Waals surface area contributed by atoms with E-state index in [0.29, 0.717) is 24.4 Å². The van der Waals surface area contributed by atoms with Crippen LogP contribution in [0.25, 0.3) is 10.8 Å². The van der Waals surface area contributed by atoms with Crippen molar-refractivity contribution in [3.05, 3.63) is 83.9 Å². The lowest BCUT2D eigenvalue weighted by atomic mass is 9.97. The van der Waals surface area contributed by atoms with E-state index in [2.05, 4.69) is 17.4 Å². The van der Waals surface area contributed by atoms with Gasteiger partial charge in [0, 0.05) is 31.6 Å². The van der Waals surface area contributed by atoms with Crippen LogP contribution >= 0.6 is 0 Å². The number of fused-ring (bicyclic) bond motifs is 1. The molecule has 0 spiro atoms. The smallest absolute Gasteiger partial charge is 0.251 e. The lowest BCUT2D eigenvalue weighted by molar-refractivity contribution is -0.133. The standard InChI is InChI=1S/C27H30N2O2/c30-26(17-6-11-21-9-2-1-3-10-21)29-18-8-12-22(20-29)19-28-27(31)25-16-7-14-23-13-4-5-15-24(23)25/h1-5,7,9-10,13-16,22H,6,8,11-12,17-20H2,(H,28,31). The van der Waals surface area contributed by atoms with Crippen LogP contribution in [0.1, 0.15) is 41.6 Å². The molecule has 1 aliphatic heterocycles. The van der Waals surface area contributed by atoms with E-state index in [1.807, 2.05) is 65.6 Å². The summed E-state index contributed by atoms with van der Waals surface area (Å²) in [5, 5.41) is 5.15. The highest BCUT2D eigenvalue weighted by Gasteiger charge is 2.24. The second-order valence-corrected chi connectivity index (χ2v) is 8.42. The Morgan fingerprint density at radius 2 is 1.71 bits per heavy atom. The third-order valence-corrected chi connectivity index (χ3v) is 6.16. The number of benzene rings is 3. The molecule has 160 valence electrons. The van der Waals surface area contributed by atoms with E-state index in [1.165, 1.54) is 5.56 Å². The van der Waals surface area contributed by atoms with Gasteiger partial charge in [-0.1, -0.05) is 66.7 Å². The van der Waals surface area contributed by atoms with Crippen molar-refractivity contribution in [1.29, 1.82) is 0 Å². The summed E-state index contributed by atoms with van der Waals surface area (Å²) in [5.41, 5.74) is 1.99. The Bertz CT molecular complexity index is 1030. The van der Waals surface area contributed by atoms with Gasteiger partial charge in [0.2, 0.25) is 5.91 Å². The fourth-order valence-corrected chi connectivity index (χ4v) is 4.46. The molecule has 2 amide bonds. The molecule has 3 aromatic carbocycles. The summed E-state index contributed by atoms with van der Waals surface area (Å²) in [6.45, 7) is 2.17. The van der Waals surface area contributed by atoms with Gasteiger partial charge >= 0.3 is 0 Å². The lowest BCUT2D eigenvalue weighted by Crippen LogP contribution is -2.43. The Morgan fingerprint density at radius 3 is 2.58 bits per heavy atom. The van der Waals surface area contributed by atoms with Crippen LogP contribution in [-0.2, 0) is 11.2 Å². The van der Waals surface area contributed by atoms with Crippen molar-refractivity contribution in [2.45, 2.75) is 32.1 Å². The summed E-state index contributed by atoms with van der Waals surface area (Å²) in [5.74, 6) is 0.509. The molecule has 1 N–H and O–H groups in total. The molecule has 4 rings (SSSR count). The lowest BCUT2D eigenvalue weighted by Gasteiger charge is -2.33. The normalized spacial score (nSPS) is 16.3. The maximum Gasteiger partial charge on any atom is 0.251 e. The molecule has 1 aliphatic rings. The van der Waals surface area contributed by atoms with Gasteiger partial charge in [0.1, 0.15) is 0 Å². The fraction of sp³-hybridized carbons (Fsp3) is 0.333. The first-order valence-electron chi connectivity index (χ1n) is 11.3. The minimum absolute atomic E-state index is 0.0388. The summed E-state index contributed by atoms with van der Waals surface area (Å²) in [6.07, 6.45) is 4.44. The number of hydrogen-bond acceptors (Lipinski definition) is 2. The number of carbonyl (C=O) groups excluding carboxylic acids is 2. The number of nitrogens with zero attached hydrogens (tertiary/aromatic N) is 1. The van der Waals surface area contributed by atoms with Gasteiger partial charge < -0.3 is 10.2 Å². The number of likely N-dealkylation sites (tertiary alicyclic amines) is 1. The van der Waals surface area contributed by atoms with Crippen molar-refractivity contribution >= 4 is 22.6 Å². The molecule has 0 radical (unpaired) electrons. The topological polar surface area (TPSA) is 49.4 Å². The first-order valence-corrected chi connectivity index (χ1v) is 11.3. The van der Waals surface area contributed by atoms with Crippen LogP contribution in [0, 0.1) is 5.92 Å². The number of amides is 2. The van der Waals surface area contributed by atoms with Crippen LogP contribution in [0.3, 0.4) is 0 Å². The summed E-state index contributed by atoms with van der Waals surface area (Å²) in [7, 11) is 0. The summed E-state index contributed by atoms with van der Waals surface area (Å²) in [6, 6.07) is 24.1. The number of hydrogen-bond donors (Lipinski definition) is 1. The van der Waals surface area contributed by atoms with Gasteiger partial charge in [0.25, 0.3) is 5.91 Å². The number of rotatable bonds is 7. The van der Waals surface area contributed by atoms with Gasteiger partial charge in [0.05, 0.1) is 0 Å². The van der Waals surface area contributed by atoms with Gasteiger partial charge in [-0.2, -0.15) is 0 Å². The fourth-order valence-electron chi connectivity index (χ4n) is 4.46. The van der Waals surface area contributed by atoms with Crippen molar-refractivity contribution in [2.75, 3.05) is 19.6 Å². The molecule has 0 bridgehead atoms. The van der Waals surface area contributed by atoms with Crippen LogP contribution in [0.4, 0.5) is 0 Å². The summed E-state index contributed by atoms with van der Waals surface area (Å²) >= 11 is 0. The predicted molar refractivity (Wildman–Crippen MR) is 125 cm³/mol. The van der Waals surface area contributed by atoms with Crippen LogP contribution in [-0.4, -0.2) is 36.3 Å². The van der Waals surface area contributed by atoms with Gasteiger partial charge in [-0.25, -0.2) is 0 Å². The van der Waals surface area contributed by atoms with E-state index in [0.717, 1.165) is 49.5 Å². The molecule has 1 atom stereocenters. The van der Waals surface area contributed by atoms with Crippen LogP contribution < -0.4 is 5.32 Å². The Hall–Kier alpha value is -3.14. The Labute approximate surface area is 184 Å². The van der Waals surface area contributed by atoms with E-state index in [4.69, 9.17) is 0 Å². The predicted octanol–water partition coefficient (Wildman–Crippen LogP) is 4.83. The van der Waals surface area contributed by atoms with Crippen molar-refractivity contribution in [3.63, 3.8) is 0 Å². The van der Waals surface area contributed by atoms with E-state index < -0.39 is 0 Å². The molecule has 3 aromatic rings. The monoisotopic (exact) mass is 414 g/mol. The summed E-state index contributed by atoms with van der Waals surface area (Å²) < 4.78 is 0. The van der Waals surface area contributed by atoms with Crippen LogP contribution in [0.2, 0.25) is 0 Å². The Balaban J connectivity index is 1.26. The molecule has 0 aromatic heterocycles. The molecule has 4 heteroatoms. The second-order valence-electron chi connectivity index (χ2n) is 8.42. The highest BCUT2D eigenvalue weighted by molar-refractivity contribution is 6.07. The average molecular weight is 415 g/mol. The first-order chi connectivity index (χ1) is 15.2. The molecule has 1 heterocycles. The average Bonchev–Trinajstić information content (AvgIpc) is 2.83. The third kappa shape index (κ3) is 5.52. The molecular formula is C27H30N2O2. The maximum atomic E-state index is 12.8. The third-order valence-electron chi connectivity index (χ3n) is 6.16. The van der Waals surface area contributed by atoms with E-state index in [-0.39, 0.29) is 11.8 Å². The van der Waals surface area contributed by atoms with Gasteiger partial charge in [-0.3, -0.25) is 9.59 Å². The molecule has 4 nitrogen and oxygen atoms in total. The molecule has 1 unspecified atom stereocenters. The molecule has 0 saturated carbocycles. The largest absolute Gasteiger partial charge is 0.352 e. The molecule has 1 saturated heterocycles. The highest BCUT2D eigenvalue weighted by Crippen LogP contribution is 2.20. The van der Waals surface area contributed by atoms with E-state index >= 15 is 0 Å². The van der Waals surface area contributed by atoms with Gasteiger partial charge in [-0.05, 0) is 54.0 Å². The van der Waals surface area contributed by atoms with Crippen LogP contribution in [0.15, 0.2) is 72.8 Å². The quantitative estimate of drug-likeness (QED) is 0.602. The first kappa shape index (κ1) is 21.1. The van der Waals surface area contributed by atoms with Crippen molar-refractivity contribution in [2.24, 2.45) is 5.92 Å². The molecule has 0 aliphatic carbocycles. The van der Waals surface area contributed by atoms with Crippen molar-refractivity contribution in [3.8, 4) is 0 Å². The highest BCUT2D eigenvalue weighted by atomic mass is 16.2. The molecular weight excluding hydrogens is 384 g/mol. The van der Waals surface area contributed by atoms with Gasteiger partial charge in [0.15, 0.2) is 0 Å². The Kier molecular flexibility index (Phi) is 6.98. The van der Waals surface area contributed by atoms with Crippen molar-refractivity contribution in [1.82, 2.24) is 10.2 Å². The van der Waals surface area contributed by atoms with Gasteiger partial charge in [-0.15, -0.1) is 0 Å². The molecule has 31 heavy (non-hydrogen) atoms. The maximum absolute atomic E-state index is 12.8.